The summed E-state index contributed by atoms with van der Waals surface area (Å²) in [6.07, 6.45) is 2.19. The molecule has 1 unspecified atom stereocenters. The van der Waals surface area contributed by atoms with Crippen molar-refractivity contribution in [1.29, 1.82) is 0 Å². The lowest BCUT2D eigenvalue weighted by Gasteiger charge is -2.15. The maximum absolute atomic E-state index is 13.7. The van der Waals surface area contributed by atoms with E-state index < -0.39 is 17.1 Å². The maximum Gasteiger partial charge on any atom is 0.272 e. The molecular weight excluding hydrogens is 769 g/mol. The topological polar surface area (TPSA) is 109 Å². The zero-order valence-electron chi connectivity index (χ0n) is 28.6. The van der Waals surface area contributed by atoms with Gasteiger partial charge in [0.2, 0.25) is 5.91 Å². The maximum atomic E-state index is 13.7. The van der Waals surface area contributed by atoms with E-state index in [-0.39, 0.29) is 11.6 Å². The summed E-state index contributed by atoms with van der Waals surface area (Å²) in [5.41, 5.74) is 4.49. The van der Waals surface area contributed by atoms with E-state index >= 15 is 0 Å². The first kappa shape index (κ1) is 37.3. The first-order valence-electron chi connectivity index (χ1n) is 16.8. The summed E-state index contributed by atoms with van der Waals surface area (Å²) in [7, 11) is 0. The van der Waals surface area contributed by atoms with Crippen LogP contribution in [0.2, 0.25) is 0 Å². The molecule has 266 valence electrons. The minimum absolute atomic E-state index is 0.0617. The molecular formula is C42H35BrN4O4S2. The molecule has 0 radical (unpaired) electrons. The van der Waals surface area contributed by atoms with E-state index in [9.17, 15) is 14.4 Å². The molecule has 8 nitrogen and oxygen atoms in total. The van der Waals surface area contributed by atoms with E-state index in [1.807, 2.05) is 115 Å². The van der Waals surface area contributed by atoms with Crippen molar-refractivity contribution in [3.05, 3.63) is 166 Å². The summed E-state index contributed by atoms with van der Waals surface area (Å²) in [6.45, 7) is 2.38. The van der Waals surface area contributed by atoms with Crippen LogP contribution in [0.3, 0.4) is 0 Å². The van der Waals surface area contributed by atoms with Gasteiger partial charge in [-0.05, 0) is 78.2 Å². The fraction of sp³-hybridized carbons (Fsp3) is 0.0952. The quantitative estimate of drug-likeness (QED) is 0.0748. The molecule has 1 heterocycles. The molecule has 0 aliphatic carbocycles. The van der Waals surface area contributed by atoms with Crippen LogP contribution in [0.25, 0.3) is 17.3 Å². The molecule has 0 spiro atoms. The zero-order chi connectivity index (χ0) is 37.0. The minimum atomic E-state index is -0.504. The van der Waals surface area contributed by atoms with Crippen molar-refractivity contribution < 1.29 is 19.1 Å². The molecule has 1 atom stereocenters. The lowest BCUT2D eigenvalue weighted by atomic mass is 10.1. The summed E-state index contributed by atoms with van der Waals surface area (Å²) >= 11 is 6.22. The Hall–Kier alpha value is -5.49. The predicted molar refractivity (Wildman–Crippen MR) is 218 cm³/mol. The minimum Gasteiger partial charge on any atom is -0.489 e. The van der Waals surface area contributed by atoms with E-state index in [1.165, 1.54) is 23.1 Å². The molecule has 53 heavy (non-hydrogen) atoms. The fourth-order valence-electron chi connectivity index (χ4n) is 5.11. The van der Waals surface area contributed by atoms with Crippen LogP contribution in [0.1, 0.15) is 34.8 Å². The average Bonchev–Trinajstić information content (AvgIpc) is 3.65. The number of carbonyl (C=O) groups excluding carboxylic acids is 3. The average molecular weight is 804 g/mol. The Morgan fingerprint density at radius 1 is 0.849 bits per heavy atom. The second kappa shape index (κ2) is 18.3. The van der Waals surface area contributed by atoms with Crippen LogP contribution < -0.4 is 20.7 Å². The van der Waals surface area contributed by atoms with Gasteiger partial charge >= 0.3 is 0 Å². The van der Waals surface area contributed by atoms with Crippen molar-refractivity contribution in [1.82, 2.24) is 10.3 Å². The van der Waals surface area contributed by atoms with E-state index in [1.54, 1.807) is 36.4 Å². The number of halogens is 1. The molecule has 1 aromatic heterocycles. The van der Waals surface area contributed by atoms with Crippen molar-refractivity contribution in [2.24, 2.45) is 0 Å². The monoisotopic (exact) mass is 802 g/mol. The number of nitrogens with one attached hydrogen (secondary N) is 3. The Bertz CT molecular complexity index is 2190. The highest BCUT2D eigenvalue weighted by Crippen LogP contribution is 2.31. The van der Waals surface area contributed by atoms with Gasteiger partial charge in [0.1, 0.15) is 18.1 Å². The Kier molecular flexibility index (Phi) is 12.9. The summed E-state index contributed by atoms with van der Waals surface area (Å²) in [4.78, 5) is 45.6. The Labute approximate surface area is 324 Å². The van der Waals surface area contributed by atoms with Gasteiger partial charge in [-0.1, -0.05) is 102 Å². The molecule has 11 heteroatoms. The molecule has 6 rings (SSSR count). The molecule has 0 saturated carbocycles. The number of hydrogen-bond donors (Lipinski definition) is 3. The molecule has 6 aromatic rings. The van der Waals surface area contributed by atoms with Gasteiger partial charge in [-0.15, -0.1) is 23.1 Å². The summed E-state index contributed by atoms with van der Waals surface area (Å²) in [6, 6.07) is 41.0. The van der Waals surface area contributed by atoms with Gasteiger partial charge < -0.3 is 20.7 Å². The van der Waals surface area contributed by atoms with Gasteiger partial charge in [-0.2, -0.15) is 0 Å². The van der Waals surface area contributed by atoms with Crippen LogP contribution in [-0.2, 0) is 16.2 Å². The predicted octanol–water partition coefficient (Wildman–Crippen LogP) is 10.1. The molecule has 3 N–H and O–H groups in total. The first-order chi connectivity index (χ1) is 25.8. The van der Waals surface area contributed by atoms with Crippen molar-refractivity contribution in [2.75, 3.05) is 10.6 Å². The highest BCUT2D eigenvalue weighted by molar-refractivity contribution is 9.10. The first-order valence-corrected chi connectivity index (χ1v) is 19.3. The lowest BCUT2D eigenvalue weighted by Crippen LogP contribution is -2.30. The summed E-state index contributed by atoms with van der Waals surface area (Å²) in [5.74, 6) is -0.402. The number of hydrogen-bond acceptors (Lipinski definition) is 7. The van der Waals surface area contributed by atoms with Crippen LogP contribution in [0.15, 0.2) is 154 Å². The van der Waals surface area contributed by atoms with Gasteiger partial charge in [-0.3, -0.25) is 14.4 Å². The van der Waals surface area contributed by atoms with Crippen LogP contribution >= 0.6 is 39.0 Å². The van der Waals surface area contributed by atoms with Crippen molar-refractivity contribution in [3.63, 3.8) is 0 Å². The number of aromatic nitrogens is 1. The van der Waals surface area contributed by atoms with Crippen molar-refractivity contribution in [2.45, 2.75) is 30.1 Å². The number of nitrogens with zero attached hydrogens (tertiary/aromatic N) is 1. The third-order valence-electron chi connectivity index (χ3n) is 7.88. The van der Waals surface area contributed by atoms with Crippen LogP contribution in [0.4, 0.5) is 10.8 Å². The fourth-order valence-corrected chi connectivity index (χ4v) is 7.11. The Morgan fingerprint density at radius 2 is 1.57 bits per heavy atom. The number of ether oxygens (including phenoxy) is 1. The Balaban J connectivity index is 1.13. The molecule has 0 aliphatic rings. The van der Waals surface area contributed by atoms with Gasteiger partial charge in [0.05, 0.1) is 10.9 Å². The van der Waals surface area contributed by atoms with Crippen LogP contribution in [-0.4, -0.2) is 28.0 Å². The van der Waals surface area contributed by atoms with Gasteiger partial charge in [0, 0.05) is 31.6 Å². The number of amides is 3. The van der Waals surface area contributed by atoms with E-state index in [2.05, 4.69) is 36.9 Å². The van der Waals surface area contributed by atoms with Gasteiger partial charge in [0.15, 0.2) is 5.13 Å². The van der Waals surface area contributed by atoms with E-state index in [4.69, 9.17) is 4.74 Å². The summed E-state index contributed by atoms with van der Waals surface area (Å²) in [5, 5.41) is 10.7. The Morgan fingerprint density at radius 3 is 2.28 bits per heavy atom. The smallest absolute Gasteiger partial charge is 0.272 e. The largest absolute Gasteiger partial charge is 0.489 e. The highest BCUT2D eigenvalue weighted by atomic mass is 79.9. The van der Waals surface area contributed by atoms with Crippen LogP contribution in [0.5, 0.6) is 5.75 Å². The number of thiazole rings is 1. The third-order valence-corrected chi connectivity index (χ3v) is 10.5. The molecule has 0 fully saturated rings. The number of benzene rings is 5. The normalized spacial score (nSPS) is 11.7. The molecule has 0 bridgehead atoms. The molecule has 0 aliphatic heterocycles. The zero-order valence-corrected chi connectivity index (χ0v) is 31.8. The molecule has 3 amide bonds. The second-order valence-corrected chi connectivity index (χ2v) is 14.8. The second-order valence-electron chi connectivity index (χ2n) is 11.8. The standard InChI is InChI=1S/C42H35BrN4O4S2/c1-2-38(41(50)47-42-46-37(27-52-42)30-18-20-32(43)21-19-30)53-35-15-9-14-33(25-35)44-40(49)36(45-39(48)31-12-7-4-8-13-31)24-28-16-22-34(23-17-28)51-26-29-10-5-3-6-11-29/h3-25,27,38H,2,26H2,1H3,(H,44,49)(H,45,48)(H,46,47,50)/b36-24-. The molecule has 5 aromatic carbocycles. The number of carbonyl (C=O) groups is 3. The van der Waals surface area contributed by atoms with Crippen molar-refractivity contribution in [3.8, 4) is 17.0 Å². The van der Waals surface area contributed by atoms with Crippen LogP contribution in [0, 0.1) is 0 Å². The summed E-state index contributed by atoms with van der Waals surface area (Å²) < 4.78 is 6.89. The highest BCUT2D eigenvalue weighted by Gasteiger charge is 2.21. The number of thioether (sulfide) groups is 1. The number of rotatable bonds is 14. The van der Waals surface area contributed by atoms with E-state index in [0.717, 1.165) is 26.2 Å². The lowest BCUT2D eigenvalue weighted by molar-refractivity contribution is -0.116. The van der Waals surface area contributed by atoms with Gasteiger partial charge in [0.25, 0.3) is 11.8 Å². The van der Waals surface area contributed by atoms with E-state index in [0.29, 0.717) is 40.7 Å². The SMILES string of the molecule is CCC(Sc1cccc(NC(=O)/C(=C/c2ccc(OCc3ccccc3)cc2)NC(=O)c2ccccc2)c1)C(=O)Nc1nc(-c2ccc(Br)cc2)cs1. The van der Waals surface area contributed by atoms with Crippen molar-refractivity contribution >= 4 is 73.6 Å². The number of anilines is 2. The van der Waals surface area contributed by atoms with Gasteiger partial charge in [-0.25, -0.2) is 4.98 Å². The molecule has 0 saturated heterocycles. The third kappa shape index (κ3) is 10.8.